The molecular weight excluding hydrogens is 204 g/mol. The van der Waals surface area contributed by atoms with Gasteiger partial charge in [-0.25, -0.2) is 4.79 Å². The lowest BCUT2D eigenvalue weighted by molar-refractivity contribution is 0.0702. The van der Waals surface area contributed by atoms with Crippen molar-refractivity contribution < 1.29 is 9.90 Å². The van der Waals surface area contributed by atoms with E-state index >= 15 is 0 Å². The third kappa shape index (κ3) is 1.55. The Morgan fingerprint density at radius 1 is 1.38 bits per heavy atom. The summed E-state index contributed by atoms with van der Waals surface area (Å²) in [5, 5.41) is 9.69. The van der Waals surface area contributed by atoms with Gasteiger partial charge in [0.25, 0.3) is 0 Å². The molecule has 1 heterocycles. The summed E-state index contributed by atoms with van der Waals surface area (Å²) in [5.41, 5.74) is 0. The smallest absolute Gasteiger partial charge is 0.345 e. The van der Waals surface area contributed by atoms with Crippen LogP contribution in [0.4, 0.5) is 0 Å². The quantitative estimate of drug-likeness (QED) is 0.710. The Kier molecular flexibility index (Phi) is 2.01. The second-order valence-electron chi connectivity index (χ2n) is 2.64. The van der Waals surface area contributed by atoms with Crippen LogP contribution in [0, 0.1) is 0 Å². The standard InChI is InChI=1S/C9H6O2S2/c10-9(11)8-4-5-3-6(12)1-2-7(5)13-8/h1-4,12H,(H,10,11). The molecule has 1 N–H and O–H groups in total. The molecule has 0 aliphatic heterocycles. The summed E-state index contributed by atoms with van der Waals surface area (Å²) >= 11 is 5.46. The first-order valence-electron chi connectivity index (χ1n) is 3.62. The summed E-state index contributed by atoms with van der Waals surface area (Å²) in [6, 6.07) is 7.27. The Bertz CT molecular complexity index is 473. The maximum atomic E-state index is 10.6. The van der Waals surface area contributed by atoms with Crippen LogP contribution < -0.4 is 0 Å². The Morgan fingerprint density at radius 2 is 2.15 bits per heavy atom. The summed E-state index contributed by atoms with van der Waals surface area (Å²) in [6.07, 6.45) is 0. The minimum atomic E-state index is -0.873. The van der Waals surface area contributed by atoms with Gasteiger partial charge in [0.05, 0.1) is 0 Å². The molecule has 66 valence electrons. The Morgan fingerprint density at radius 3 is 2.85 bits per heavy atom. The summed E-state index contributed by atoms with van der Waals surface area (Å²) in [7, 11) is 0. The highest BCUT2D eigenvalue weighted by molar-refractivity contribution is 7.80. The lowest BCUT2D eigenvalue weighted by atomic mass is 10.2. The number of rotatable bonds is 1. The van der Waals surface area contributed by atoms with Crippen LogP contribution in [0.2, 0.25) is 0 Å². The Balaban J connectivity index is 2.68. The van der Waals surface area contributed by atoms with Gasteiger partial charge in [-0.05, 0) is 29.7 Å². The van der Waals surface area contributed by atoms with Crippen molar-refractivity contribution in [2.45, 2.75) is 4.90 Å². The summed E-state index contributed by atoms with van der Waals surface area (Å²) in [5.74, 6) is -0.873. The van der Waals surface area contributed by atoms with Gasteiger partial charge in [-0.1, -0.05) is 0 Å². The molecule has 0 aliphatic carbocycles. The van der Waals surface area contributed by atoms with Crippen molar-refractivity contribution in [3.05, 3.63) is 29.1 Å². The van der Waals surface area contributed by atoms with E-state index < -0.39 is 5.97 Å². The first kappa shape index (κ1) is 8.59. The normalized spacial score (nSPS) is 10.5. The predicted octanol–water partition coefficient (Wildman–Crippen LogP) is 2.89. The minimum Gasteiger partial charge on any atom is -0.477 e. The monoisotopic (exact) mass is 210 g/mol. The van der Waals surface area contributed by atoms with Gasteiger partial charge in [-0.2, -0.15) is 0 Å². The molecule has 13 heavy (non-hydrogen) atoms. The van der Waals surface area contributed by atoms with Crippen LogP contribution in [-0.4, -0.2) is 11.1 Å². The molecule has 0 amide bonds. The molecule has 2 rings (SSSR count). The second-order valence-corrected chi connectivity index (χ2v) is 4.24. The molecule has 2 aromatic rings. The average molecular weight is 210 g/mol. The predicted molar refractivity (Wildman–Crippen MR) is 56.0 cm³/mol. The van der Waals surface area contributed by atoms with Crippen molar-refractivity contribution in [1.29, 1.82) is 0 Å². The topological polar surface area (TPSA) is 37.3 Å². The van der Waals surface area contributed by atoms with Crippen LogP contribution in [0.5, 0.6) is 0 Å². The van der Waals surface area contributed by atoms with Gasteiger partial charge in [0.2, 0.25) is 0 Å². The van der Waals surface area contributed by atoms with Gasteiger partial charge in [0.15, 0.2) is 0 Å². The first-order valence-corrected chi connectivity index (χ1v) is 4.89. The maximum Gasteiger partial charge on any atom is 0.345 e. The minimum absolute atomic E-state index is 0.369. The van der Waals surface area contributed by atoms with E-state index in [2.05, 4.69) is 12.6 Å². The number of aromatic carboxylic acids is 1. The number of carboxylic acids is 1. The number of hydrogen-bond donors (Lipinski definition) is 2. The van der Waals surface area contributed by atoms with Crippen molar-refractivity contribution in [3.8, 4) is 0 Å². The summed E-state index contributed by atoms with van der Waals surface area (Å²) < 4.78 is 0.982. The molecule has 0 aliphatic rings. The number of fused-ring (bicyclic) bond motifs is 1. The largest absolute Gasteiger partial charge is 0.477 e. The number of carbonyl (C=O) groups is 1. The molecule has 1 aromatic heterocycles. The van der Waals surface area contributed by atoms with Crippen LogP contribution in [0.1, 0.15) is 9.67 Å². The summed E-state index contributed by atoms with van der Waals surface area (Å²) in [6.45, 7) is 0. The van der Waals surface area contributed by atoms with E-state index in [1.54, 1.807) is 6.07 Å². The Hall–Kier alpha value is -1.00. The van der Waals surface area contributed by atoms with Crippen LogP contribution in [-0.2, 0) is 0 Å². The molecule has 0 spiro atoms. The van der Waals surface area contributed by atoms with Crippen LogP contribution in [0.15, 0.2) is 29.2 Å². The van der Waals surface area contributed by atoms with E-state index in [1.807, 2.05) is 18.2 Å². The van der Waals surface area contributed by atoms with Crippen molar-refractivity contribution in [2.24, 2.45) is 0 Å². The molecule has 0 radical (unpaired) electrons. The van der Waals surface area contributed by atoms with Gasteiger partial charge in [-0.3, -0.25) is 0 Å². The van der Waals surface area contributed by atoms with Gasteiger partial charge in [0, 0.05) is 9.60 Å². The molecule has 1 aromatic carbocycles. The fourth-order valence-electron chi connectivity index (χ4n) is 1.14. The fourth-order valence-corrected chi connectivity index (χ4v) is 2.23. The highest BCUT2D eigenvalue weighted by atomic mass is 32.1. The van der Waals surface area contributed by atoms with Crippen molar-refractivity contribution >= 4 is 40.0 Å². The number of carboxylic acid groups (broad SMARTS) is 1. The Labute approximate surface area is 84.2 Å². The third-order valence-corrected chi connectivity index (χ3v) is 3.09. The molecule has 4 heteroatoms. The van der Waals surface area contributed by atoms with Gasteiger partial charge in [0.1, 0.15) is 4.88 Å². The van der Waals surface area contributed by atoms with Gasteiger partial charge in [-0.15, -0.1) is 24.0 Å². The van der Waals surface area contributed by atoms with Crippen LogP contribution in [0.3, 0.4) is 0 Å². The highest BCUT2D eigenvalue weighted by Gasteiger charge is 2.07. The van der Waals surface area contributed by atoms with E-state index in [4.69, 9.17) is 5.11 Å². The molecule has 0 saturated heterocycles. The molecule has 2 nitrogen and oxygen atoms in total. The lowest BCUT2D eigenvalue weighted by Gasteiger charge is -1.89. The number of benzene rings is 1. The maximum absolute atomic E-state index is 10.6. The highest BCUT2D eigenvalue weighted by Crippen LogP contribution is 2.27. The first-order chi connectivity index (χ1) is 6.16. The second kappa shape index (κ2) is 3.05. The van der Waals surface area contributed by atoms with Gasteiger partial charge >= 0.3 is 5.97 Å². The van der Waals surface area contributed by atoms with E-state index in [0.29, 0.717) is 4.88 Å². The van der Waals surface area contributed by atoms with Crippen molar-refractivity contribution in [2.75, 3.05) is 0 Å². The van der Waals surface area contributed by atoms with Crippen molar-refractivity contribution in [3.63, 3.8) is 0 Å². The van der Waals surface area contributed by atoms with E-state index in [0.717, 1.165) is 15.0 Å². The zero-order chi connectivity index (χ0) is 9.42. The van der Waals surface area contributed by atoms with E-state index in [1.165, 1.54) is 11.3 Å². The molecule has 0 unspecified atom stereocenters. The molecule has 0 saturated carbocycles. The molecule has 0 bridgehead atoms. The number of thiophene rings is 1. The average Bonchev–Trinajstić information content (AvgIpc) is 2.46. The zero-order valence-electron chi connectivity index (χ0n) is 6.52. The number of thiol groups is 1. The van der Waals surface area contributed by atoms with Crippen molar-refractivity contribution in [1.82, 2.24) is 0 Å². The van der Waals surface area contributed by atoms with Crippen LogP contribution >= 0.6 is 24.0 Å². The van der Waals surface area contributed by atoms with E-state index in [-0.39, 0.29) is 0 Å². The van der Waals surface area contributed by atoms with Crippen LogP contribution in [0.25, 0.3) is 10.1 Å². The molecular formula is C9H6O2S2. The SMILES string of the molecule is O=C(O)c1cc2cc(S)ccc2s1. The fraction of sp³-hybridized carbons (Fsp3) is 0. The molecule has 0 atom stereocenters. The molecule has 0 fully saturated rings. The summed E-state index contributed by atoms with van der Waals surface area (Å²) in [4.78, 5) is 11.9. The third-order valence-electron chi connectivity index (χ3n) is 1.71. The van der Waals surface area contributed by atoms with Gasteiger partial charge < -0.3 is 5.11 Å². The zero-order valence-corrected chi connectivity index (χ0v) is 8.23. The van der Waals surface area contributed by atoms with E-state index in [9.17, 15) is 4.79 Å². The number of hydrogen-bond acceptors (Lipinski definition) is 3. The lowest BCUT2D eigenvalue weighted by Crippen LogP contribution is -1.89.